The molecule has 30 heavy (non-hydrogen) atoms. The van der Waals surface area contributed by atoms with Gasteiger partial charge in [-0.25, -0.2) is 4.98 Å². The van der Waals surface area contributed by atoms with Gasteiger partial charge in [0.25, 0.3) is 11.5 Å². The SMILES string of the molecule is Cc1ccc2nc3n(c(=O)c2c1)-c1cc(Cl)ccc1C(=O)NC3Cc1ccccc1. The Labute approximate surface area is 178 Å². The number of nitrogens with one attached hydrogen (secondary N) is 1. The molecule has 1 aliphatic rings. The number of aromatic nitrogens is 2. The third-order valence-electron chi connectivity index (χ3n) is 5.39. The predicted molar refractivity (Wildman–Crippen MR) is 117 cm³/mol. The number of nitrogens with zero attached hydrogens (tertiary/aromatic N) is 2. The van der Waals surface area contributed by atoms with Gasteiger partial charge in [0.05, 0.1) is 28.2 Å². The molecule has 4 aromatic rings. The van der Waals surface area contributed by atoms with Crippen LogP contribution in [0.2, 0.25) is 5.02 Å². The zero-order valence-corrected chi connectivity index (χ0v) is 17.0. The smallest absolute Gasteiger partial charge is 0.266 e. The van der Waals surface area contributed by atoms with Gasteiger partial charge in [-0.15, -0.1) is 0 Å². The van der Waals surface area contributed by atoms with Crippen molar-refractivity contribution in [2.45, 2.75) is 19.4 Å². The fraction of sp³-hybridized carbons (Fsp3) is 0.125. The Bertz CT molecular complexity index is 1360. The first-order valence-corrected chi connectivity index (χ1v) is 10.1. The van der Waals surface area contributed by atoms with Crippen LogP contribution < -0.4 is 10.9 Å². The number of hydrogen-bond donors (Lipinski definition) is 1. The van der Waals surface area contributed by atoms with Crippen molar-refractivity contribution >= 4 is 28.4 Å². The van der Waals surface area contributed by atoms with E-state index in [9.17, 15) is 9.59 Å². The molecule has 1 aromatic heterocycles. The van der Waals surface area contributed by atoms with Gasteiger partial charge in [0, 0.05) is 5.02 Å². The molecule has 1 N–H and O–H groups in total. The highest BCUT2D eigenvalue weighted by Crippen LogP contribution is 2.29. The highest BCUT2D eigenvalue weighted by molar-refractivity contribution is 6.31. The van der Waals surface area contributed by atoms with Crippen molar-refractivity contribution in [3.8, 4) is 5.69 Å². The van der Waals surface area contributed by atoms with Crippen molar-refractivity contribution in [2.75, 3.05) is 0 Å². The Morgan fingerprint density at radius 2 is 1.83 bits per heavy atom. The number of halogens is 1. The molecule has 0 bridgehead atoms. The summed E-state index contributed by atoms with van der Waals surface area (Å²) in [5.41, 5.74) is 3.25. The van der Waals surface area contributed by atoms with Gasteiger partial charge in [-0.3, -0.25) is 14.2 Å². The van der Waals surface area contributed by atoms with Gasteiger partial charge in [-0.05, 0) is 49.2 Å². The molecule has 2 heterocycles. The summed E-state index contributed by atoms with van der Waals surface area (Å²) in [5.74, 6) is 0.238. The van der Waals surface area contributed by atoms with E-state index in [1.165, 1.54) is 4.57 Å². The second-order valence-electron chi connectivity index (χ2n) is 7.51. The molecule has 1 aliphatic heterocycles. The van der Waals surface area contributed by atoms with Crippen LogP contribution in [0.15, 0.2) is 71.5 Å². The van der Waals surface area contributed by atoms with E-state index in [2.05, 4.69) is 5.32 Å². The van der Waals surface area contributed by atoms with Crippen LogP contribution in [-0.2, 0) is 6.42 Å². The number of carbonyl (C=O) groups is 1. The standard InChI is InChI=1S/C24H18ClN3O2/c1-14-7-10-19-18(11-14)24(30)28-21-13-16(25)8-9-17(21)23(29)27-20(22(28)26-19)12-15-5-3-2-4-6-15/h2-11,13,20H,12H2,1H3,(H,27,29). The van der Waals surface area contributed by atoms with Crippen LogP contribution in [0.25, 0.3) is 16.6 Å². The number of carbonyl (C=O) groups excluding carboxylic acids is 1. The van der Waals surface area contributed by atoms with Crippen LogP contribution in [0, 0.1) is 6.92 Å². The predicted octanol–water partition coefficient (Wildman–Crippen LogP) is 4.37. The lowest BCUT2D eigenvalue weighted by atomic mass is 10.0. The van der Waals surface area contributed by atoms with Gasteiger partial charge < -0.3 is 5.32 Å². The molecule has 5 nitrogen and oxygen atoms in total. The van der Waals surface area contributed by atoms with E-state index in [1.807, 2.05) is 55.5 Å². The molecule has 6 heteroatoms. The van der Waals surface area contributed by atoms with E-state index >= 15 is 0 Å². The Kier molecular flexibility index (Phi) is 4.40. The summed E-state index contributed by atoms with van der Waals surface area (Å²) in [6.07, 6.45) is 0.512. The first-order chi connectivity index (χ1) is 14.5. The first-order valence-electron chi connectivity index (χ1n) is 9.69. The van der Waals surface area contributed by atoms with E-state index < -0.39 is 6.04 Å². The minimum absolute atomic E-state index is 0.211. The largest absolute Gasteiger partial charge is 0.342 e. The van der Waals surface area contributed by atoms with Gasteiger partial charge in [0.2, 0.25) is 0 Å². The molecule has 0 aliphatic carbocycles. The van der Waals surface area contributed by atoms with Gasteiger partial charge in [-0.2, -0.15) is 0 Å². The summed E-state index contributed by atoms with van der Waals surface area (Å²) < 4.78 is 1.54. The van der Waals surface area contributed by atoms with Crippen LogP contribution in [0.1, 0.15) is 33.4 Å². The summed E-state index contributed by atoms with van der Waals surface area (Å²) in [7, 11) is 0. The van der Waals surface area contributed by atoms with E-state index in [0.717, 1.165) is 11.1 Å². The normalized spacial score (nSPS) is 15.3. The van der Waals surface area contributed by atoms with Gasteiger partial charge in [-0.1, -0.05) is 53.6 Å². The Balaban J connectivity index is 1.83. The van der Waals surface area contributed by atoms with Crippen LogP contribution in [0.3, 0.4) is 0 Å². The second-order valence-corrected chi connectivity index (χ2v) is 7.94. The van der Waals surface area contributed by atoms with Crippen molar-refractivity contribution < 1.29 is 4.79 Å². The summed E-state index contributed by atoms with van der Waals surface area (Å²) in [6.45, 7) is 1.93. The zero-order chi connectivity index (χ0) is 20.8. The molecule has 0 radical (unpaired) electrons. The van der Waals surface area contributed by atoms with Crippen molar-refractivity contribution in [2.24, 2.45) is 0 Å². The number of hydrogen-bond acceptors (Lipinski definition) is 3. The van der Waals surface area contributed by atoms with Gasteiger partial charge in [0.1, 0.15) is 5.82 Å². The number of amides is 1. The fourth-order valence-electron chi connectivity index (χ4n) is 3.96. The number of rotatable bonds is 2. The number of fused-ring (bicyclic) bond motifs is 4. The Hall–Kier alpha value is -3.44. The Morgan fingerprint density at radius 1 is 1.03 bits per heavy atom. The maximum Gasteiger partial charge on any atom is 0.266 e. The number of aryl methyl sites for hydroxylation is 1. The summed E-state index contributed by atoms with van der Waals surface area (Å²) in [5, 5.41) is 4.02. The minimum atomic E-state index is -0.468. The van der Waals surface area contributed by atoms with E-state index in [0.29, 0.717) is 39.4 Å². The first kappa shape index (κ1) is 18.6. The summed E-state index contributed by atoms with van der Waals surface area (Å²) >= 11 is 6.24. The molecule has 1 unspecified atom stereocenters. The average Bonchev–Trinajstić information content (AvgIpc) is 2.84. The molecular weight excluding hydrogens is 398 g/mol. The molecule has 148 valence electrons. The van der Waals surface area contributed by atoms with Crippen LogP contribution in [0.4, 0.5) is 0 Å². The van der Waals surface area contributed by atoms with Crippen LogP contribution in [0.5, 0.6) is 0 Å². The Morgan fingerprint density at radius 3 is 2.63 bits per heavy atom. The molecule has 1 amide bonds. The maximum atomic E-state index is 13.6. The zero-order valence-electron chi connectivity index (χ0n) is 16.2. The van der Waals surface area contributed by atoms with E-state index in [4.69, 9.17) is 16.6 Å². The molecule has 1 atom stereocenters. The lowest BCUT2D eigenvalue weighted by Gasteiger charge is -2.19. The average molecular weight is 416 g/mol. The third kappa shape index (κ3) is 3.08. The maximum absolute atomic E-state index is 13.6. The van der Waals surface area contributed by atoms with Crippen LogP contribution in [-0.4, -0.2) is 15.5 Å². The number of benzene rings is 3. The van der Waals surface area contributed by atoms with Gasteiger partial charge >= 0.3 is 0 Å². The van der Waals surface area contributed by atoms with E-state index in [1.54, 1.807) is 18.2 Å². The van der Waals surface area contributed by atoms with Crippen molar-refractivity contribution in [3.05, 3.63) is 105 Å². The highest BCUT2D eigenvalue weighted by atomic mass is 35.5. The lowest BCUT2D eigenvalue weighted by molar-refractivity contribution is 0.0938. The lowest BCUT2D eigenvalue weighted by Crippen LogP contribution is -2.31. The summed E-state index contributed by atoms with van der Waals surface area (Å²) in [4.78, 5) is 31.5. The quantitative estimate of drug-likeness (QED) is 0.528. The monoisotopic (exact) mass is 415 g/mol. The molecule has 0 saturated heterocycles. The molecule has 0 spiro atoms. The molecule has 5 rings (SSSR count). The van der Waals surface area contributed by atoms with Crippen molar-refractivity contribution in [1.29, 1.82) is 0 Å². The minimum Gasteiger partial charge on any atom is -0.342 e. The second kappa shape index (κ2) is 7.11. The highest BCUT2D eigenvalue weighted by Gasteiger charge is 2.30. The van der Waals surface area contributed by atoms with Crippen LogP contribution >= 0.6 is 11.6 Å². The molecular formula is C24H18ClN3O2. The van der Waals surface area contributed by atoms with E-state index in [-0.39, 0.29) is 11.5 Å². The fourth-order valence-corrected chi connectivity index (χ4v) is 4.12. The topological polar surface area (TPSA) is 64.0 Å². The molecule has 0 fully saturated rings. The summed E-state index contributed by atoms with van der Waals surface area (Å²) in [6, 6.07) is 19.9. The van der Waals surface area contributed by atoms with Crippen molar-refractivity contribution in [1.82, 2.24) is 14.9 Å². The third-order valence-corrected chi connectivity index (χ3v) is 5.63. The van der Waals surface area contributed by atoms with Gasteiger partial charge in [0.15, 0.2) is 0 Å². The van der Waals surface area contributed by atoms with Crippen molar-refractivity contribution in [3.63, 3.8) is 0 Å². The molecule has 0 saturated carbocycles. The molecule has 3 aromatic carbocycles.